The fourth-order valence-electron chi connectivity index (χ4n) is 2.45. The molecule has 23 heavy (non-hydrogen) atoms. The van der Waals surface area contributed by atoms with Gasteiger partial charge in [-0.3, -0.25) is 9.89 Å². The zero-order chi connectivity index (χ0) is 17.1. The van der Waals surface area contributed by atoms with E-state index in [4.69, 9.17) is 29.6 Å². The molecule has 1 atom stereocenters. The van der Waals surface area contributed by atoms with Crippen LogP contribution in [0.15, 0.2) is 29.1 Å². The lowest BCUT2D eigenvalue weighted by molar-refractivity contribution is 0.700. The lowest BCUT2D eigenvalue weighted by Gasteiger charge is -2.17. The van der Waals surface area contributed by atoms with Crippen LogP contribution in [0, 0.1) is 35.5 Å². The van der Waals surface area contributed by atoms with Gasteiger partial charge in [-0.05, 0) is 36.8 Å². The van der Waals surface area contributed by atoms with Gasteiger partial charge in [0, 0.05) is 22.2 Å². The van der Waals surface area contributed by atoms with Crippen LogP contribution in [0.5, 0.6) is 0 Å². The number of nitrogens with two attached hydrogens (primary N) is 1. The zero-order valence-electron chi connectivity index (χ0n) is 12.1. The van der Waals surface area contributed by atoms with Crippen molar-refractivity contribution >= 4 is 28.9 Å². The third kappa shape index (κ3) is 3.11. The van der Waals surface area contributed by atoms with Gasteiger partial charge in [-0.1, -0.05) is 23.7 Å². The van der Waals surface area contributed by atoms with Crippen LogP contribution in [0.4, 0.5) is 0 Å². The van der Waals surface area contributed by atoms with Crippen molar-refractivity contribution in [3.63, 3.8) is 0 Å². The van der Waals surface area contributed by atoms with E-state index in [1.807, 2.05) is 12.1 Å². The van der Waals surface area contributed by atoms with Gasteiger partial charge in [-0.25, -0.2) is 0 Å². The normalized spacial score (nSPS) is 11.7. The molecule has 0 aliphatic heterocycles. The molecule has 0 bridgehead atoms. The molecule has 0 amide bonds. The number of benzene rings is 1. The number of H-pyrrole nitrogens is 1. The predicted molar refractivity (Wildman–Crippen MR) is 90.0 cm³/mol. The Morgan fingerprint density at radius 1 is 1.35 bits per heavy atom. The number of nitrogens with zero attached hydrogens (tertiary/aromatic N) is 3. The number of thiocarbonyl (C=S) groups is 1. The molecule has 2 aromatic rings. The zero-order valence-corrected chi connectivity index (χ0v) is 13.6. The summed E-state index contributed by atoms with van der Waals surface area (Å²) in [5.41, 5.74) is 6.46. The molecule has 1 heterocycles. The Bertz CT molecular complexity index is 871. The highest BCUT2D eigenvalue weighted by Crippen LogP contribution is 2.32. The van der Waals surface area contributed by atoms with Crippen LogP contribution in [0.3, 0.4) is 0 Å². The van der Waals surface area contributed by atoms with Crippen LogP contribution < -0.4 is 11.3 Å². The first-order valence-corrected chi connectivity index (χ1v) is 7.35. The monoisotopic (exact) mass is 345 g/mol. The van der Waals surface area contributed by atoms with Gasteiger partial charge < -0.3 is 5.73 Å². The quantitative estimate of drug-likeness (QED) is 0.826. The van der Waals surface area contributed by atoms with Crippen molar-refractivity contribution < 1.29 is 0 Å². The molecule has 3 N–H and O–H groups in total. The molecule has 1 aromatic heterocycles. The molecule has 1 aromatic carbocycles. The number of hydrogen-bond acceptors (Lipinski definition) is 4. The summed E-state index contributed by atoms with van der Waals surface area (Å²) in [5.74, 6) is -1.78. The van der Waals surface area contributed by atoms with Crippen LogP contribution in [-0.2, 0) is 0 Å². The van der Waals surface area contributed by atoms with Crippen LogP contribution in [0.1, 0.15) is 22.7 Å². The molecule has 116 valence electrons. The molecule has 0 spiro atoms. The molecule has 8 heteroatoms. The Morgan fingerprint density at radius 2 is 1.91 bits per heavy atom. The van der Waals surface area contributed by atoms with Gasteiger partial charge in [0.2, 0.25) is 0 Å². The fraction of sp³-hybridized carbons (Fsp3) is 0.200. The van der Waals surface area contributed by atoms with E-state index in [-0.39, 0.29) is 10.7 Å². The average Bonchev–Trinajstić information content (AvgIpc) is 2.81. The standard InChI is InChI=1S/C15H12ClN5OS/c1-8-12(14(22)21(20-8)15(19)23)13(10(6-17)7-18)9-2-4-11(16)5-3-9/h2-5,10,13,20H,1H3,(H2,19,23). The van der Waals surface area contributed by atoms with Crippen LogP contribution in [-0.4, -0.2) is 14.9 Å². The van der Waals surface area contributed by atoms with E-state index in [1.54, 1.807) is 31.2 Å². The highest BCUT2D eigenvalue weighted by molar-refractivity contribution is 7.80. The van der Waals surface area contributed by atoms with Gasteiger partial charge in [0.1, 0.15) is 5.92 Å². The Kier molecular flexibility index (Phi) is 4.85. The summed E-state index contributed by atoms with van der Waals surface area (Å²) >= 11 is 10.7. The first-order chi connectivity index (χ1) is 10.9. The first kappa shape index (κ1) is 16.8. The summed E-state index contributed by atoms with van der Waals surface area (Å²) in [6.07, 6.45) is 0. The smallest absolute Gasteiger partial charge is 0.277 e. The maximum absolute atomic E-state index is 12.6. The summed E-state index contributed by atoms with van der Waals surface area (Å²) < 4.78 is 1.02. The summed E-state index contributed by atoms with van der Waals surface area (Å²) in [6.45, 7) is 1.67. The van der Waals surface area contributed by atoms with Crippen LogP contribution >= 0.6 is 23.8 Å². The number of hydrogen-bond donors (Lipinski definition) is 2. The number of nitriles is 2. The van der Waals surface area contributed by atoms with Gasteiger partial charge in [-0.15, -0.1) is 0 Å². The average molecular weight is 346 g/mol. The van der Waals surface area contributed by atoms with Gasteiger partial charge >= 0.3 is 0 Å². The van der Waals surface area contributed by atoms with Gasteiger partial charge in [0.15, 0.2) is 5.11 Å². The molecule has 2 rings (SSSR count). The highest BCUT2D eigenvalue weighted by Gasteiger charge is 2.31. The number of nitrogens with one attached hydrogen (secondary N) is 1. The lowest BCUT2D eigenvalue weighted by atomic mass is 9.82. The second-order valence-corrected chi connectivity index (χ2v) is 5.75. The van der Waals surface area contributed by atoms with Crippen molar-refractivity contribution in [1.82, 2.24) is 9.78 Å². The maximum Gasteiger partial charge on any atom is 0.277 e. The summed E-state index contributed by atoms with van der Waals surface area (Å²) in [6, 6.07) is 10.5. The highest BCUT2D eigenvalue weighted by atomic mass is 35.5. The van der Waals surface area contributed by atoms with E-state index in [2.05, 4.69) is 5.10 Å². The molecular weight excluding hydrogens is 334 g/mol. The molecule has 0 radical (unpaired) electrons. The Hall–Kier alpha value is -2.61. The molecule has 0 saturated carbocycles. The molecule has 0 saturated heterocycles. The second kappa shape index (κ2) is 6.66. The van der Waals surface area contributed by atoms with E-state index in [9.17, 15) is 15.3 Å². The summed E-state index contributed by atoms with van der Waals surface area (Å²) in [4.78, 5) is 12.6. The van der Waals surface area contributed by atoms with Crippen molar-refractivity contribution in [2.24, 2.45) is 11.7 Å². The summed E-state index contributed by atoms with van der Waals surface area (Å²) in [5, 5.41) is 21.8. The Labute approximate surface area is 142 Å². The largest absolute Gasteiger partial charge is 0.374 e. The molecule has 1 unspecified atom stereocenters. The first-order valence-electron chi connectivity index (χ1n) is 6.56. The predicted octanol–water partition coefficient (Wildman–Crippen LogP) is 2.03. The Morgan fingerprint density at radius 3 is 2.35 bits per heavy atom. The minimum atomic E-state index is -1.04. The summed E-state index contributed by atoms with van der Waals surface area (Å²) in [7, 11) is 0. The fourth-order valence-corrected chi connectivity index (χ4v) is 2.71. The van der Waals surface area contributed by atoms with Crippen LogP contribution in [0.25, 0.3) is 0 Å². The maximum atomic E-state index is 12.6. The number of halogens is 1. The lowest BCUT2D eigenvalue weighted by Crippen LogP contribution is -2.32. The Balaban J connectivity index is 2.72. The van der Waals surface area contributed by atoms with Gasteiger partial charge in [-0.2, -0.15) is 15.2 Å². The third-order valence-corrected chi connectivity index (χ3v) is 3.92. The number of aromatic nitrogens is 2. The van der Waals surface area contributed by atoms with E-state index >= 15 is 0 Å². The minimum Gasteiger partial charge on any atom is -0.374 e. The minimum absolute atomic E-state index is 0.135. The molecular formula is C15H12ClN5OS. The second-order valence-electron chi connectivity index (χ2n) is 4.89. The van der Waals surface area contributed by atoms with E-state index in [0.29, 0.717) is 16.3 Å². The SMILES string of the molecule is Cc1[nH]n(C(N)=S)c(=O)c1C(c1ccc(Cl)cc1)C(C#N)C#N. The molecule has 0 fully saturated rings. The molecule has 6 nitrogen and oxygen atoms in total. The molecule has 0 aliphatic rings. The number of rotatable bonds is 3. The van der Waals surface area contributed by atoms with Crippen molar-refractivity contribution in [1.29, 1.82) is 10.5 Å². The van der Waals surface area contributed by atoms with Gasteiger partial charge in [0.05, 0.1) is 12.1 Å². The topological polar surface area (TPSA) is 111 Å². The molecule has 0 aliphatic carbocycles. The van der Waals surface area contributed by atoms with Crippen LogP contribution in [0.2, 0.25) is 5.02 Å². The van der Waals surface area contributed by atoms with Gasteiger partial charge in [0.25, 0.3) is 5.56 Å². The van der Waals surface area contributed by atoms with Crippen molar-refractivity contribution in [2.75, 3.05) is 0 Å². The third-order valence-electron chi connectivity index (χ3n) is 3.49. The number of aromatic amines is 1. The van der Waals surface area contributed by atoms with Crippen molar-refractivity contribution in [3.05, 3.63) is 56.5 Å². The van der Waals surface area contributed by atoms with Crippen molar-refractivity contribution in [3.8, 4) is 12.1 Å². The van der Waals surface area contributed by atoms with Crippen molar-refractivity contribution in [2.45, 2.75) is 12.8 Å². The van der Waals surface area contributed by atoms with E-state index < -0.39 is 17.4 Å². The van der Waals surface area contributed by atoms with E-state index in [1.165, 1.54) is 0 Å². The number of aryl methyl sites for hydroxylation is 1. The van der Waals surface area contributed by atoms with E-state index in [0.717, 1.165) is 4.68 Å².